The molecule has 0 unspecified atom stereocenters. The minimum atomic E-state index is -0.312. The third-order valence-electron chi connectivity index (χ3n) is 3.70. The van der Waals surface area contributed by atoms with Crippen molar-refractivity contribution in [3.63, 3.8) is 0 Å². The molecular weight excluding hydrogens is 337 g/mol. The van der Waals surface area contributed by atoms with Gasteiger partial charge in [0.15, 0.2) is 5.78 Å². The molecule has 0 aromatic heterocycles. The van der Waals surface area contributed by atoms with Crippen LogP contribution in [0.1, 0.15) is 29.6 Å². The number of rotatable bonds is 10. The molecule has 0 saturated heterocycles. The van der Waals surface area contributed by atoms with Gasteiger partial charge in [0, 0.05) is 24.9 Å². The summed E-state index contributed by atoms with van der Waals surface area (Å²) >= 11 is 0. The van der Waals surface area contributed by atoms with Gasteiger partial charge in [-0.1, -0.05) is 12.1 Å². The van der Waals surface area contributed by atoms with Crippen LogP contribution >= 0.6 is 0 Å². The Morgan fingerprint density at radius 1 is 1.04 bits per heavy atom. The van der Waals surface area contributed by atoms with Crippen LogP contribution in [-0.2, 0) is 4.79 Å². The van der Waals surface area contributed by atoms with E-state index in [1.807, 2.05) is 0 Å². The number of methoxy groups -OCH3 is 1. The van der Waals surface area contributed by atoms with E-state index in [1.165, 1.54) is 19.2 Å². The van der Waals surface area contributed by atoms with Crippen molar-refractivity contribution in [3.8, 4) is 11.5 Å². The van der Waals surface area contributed by atoms with Gasteiger partial charge in [-0.15, -0.1) is 0 Å². The molecule has 0 heterocycles. The zero-order valence-electron chi connectivity index (χ0n) is 14.7. The number of ether oxygens (including phenoxy) is 2. The molecule has 26 heavy (non-hydrogen) atoms. The Labute approximate surface area is 152 Å². The van der Waals surface area contributed by atoms with Crippen molar-refractivity contribution in [3.05, 3.63) is 59.9 Å². The summed E-state index contributed by atoms with van der Waals surface area (Å²) in [6.45, 7) is 0.863. The van der Waals surface area contributed by atoms with Gasteiger partial charge in [0.25, 0.3) is 0 Å². The second kappa shape index (κ2) is 10.2. The SMILES string of the molecule is COc1cccc(C(=O)CCC(=O)NCCCOc2ccc(F)cc2)c1. The lowest BCUT2D eigenvalue weighted by Crippen LogP contribution is -2.25. The van der Waals surface area contributed by atoms with Gasteiger partial charge >= 0.3 is 0 Å². The lowest BCUT2D eigenvalue weighted by molar-refractivity contribution is -0.121. The number of carbonyl (C=O) groups excluding carboxylic acids is 2. The standard InChI is InChI=1S/C20H22FNO4/c1-25-18-5-2-4-15(14-18)19(23)10-11-20(24)22-12-3-13-26-17-8-6-16(21)7-9-17/h2,4-9,14H,3,10-13H2,1H3,(H,22,24). The van der Waals surface area contributed by atoms with Crippen LogP contribution in [0.25, 0.3) is 0 Å². The number of nitrogens with one attached hydrogen (secondary N) is 1. The van der Waals surface area contributed by atoms with E-state index in [9.17, 15) is 14.0 Å². The average molecular weight is 359 g/mol. The first-order valence-corrected chi connectivity index (χ1v) is 8.41. The molecular formula is C20H22FNO4. The molecule has 2 rings (SSSR count). The van der Waals surface area contributed by atoms with Gasteiger partial charge in [0.1, 0.15) is 17.3 Å². The van der Waals surface area contributed by atoms with Crippen molar-refractivity contribution in [1.29, 1.82) is 0 Å². The van der Waals surface area contributed by atoms with Gasteiger partial charge in [-0.25, -0.2) is 4.39 Å². The Kier molecular flexibility index (Phi) is 7.61. The highest BCUT2D eigenvalue weighted by molar-refractivity contribution is 5.98. The van der Waals surface area contributed by atoms with Crippen molar-refractivity contribution in [2.75, 3.05) is 20.3 Å². The maximum atomic E-state index is 12.8. The van der Waals surface area contributed by atoms with E-state index < -0.39 is 0 Å². The zero-order chi connectivity index (χ0) is 18.8. The largest absolute Gasteiger partial charge is 0.497 e. The van der Waals surface area contributed by atoms with Gasteiger partial charge in [0.05, 0.1) is 13.7 Å². The number of benzene rings is 2. The summed E-state index contributed by atoms with van der Waals surface area (Å²) < 4.78 is 23.3. The number of hydrogen-bond acceptors (Lipinski definition) is 4. The first kappa shape index (κ1) is 19.4. The van der Waals surface area contributed by atoms with E-state index in [0.717, 1.165) is 0 Å². The fraction of sp³-hybridized carbons (Fsp3) is 0.300. The van der Waals surface area contributed by atoms with E-state index in [1.54, 1.807) is 36.4 Å². The molecule has 0 atom stereocenters. The van der Waals surface area contributed by atoms with Gasteiger partial charge < -0.3 is 14.8 Å². The van der Waals surface area contributed by atoms with Crippen LogP contribution in [0.4, 0.5) is 4.39 Å². The monoisotopic (exact) mass is 359 g/mol. The predicted octanol–water partition coefficient (Wildman–Crippen LogP) is 3.38. The first-order chi connectivity index (χ1) is 12.6. The fourth-order valence-electron chi connectivity index (χ4n) is 2.28. The average Bonchev–Trinajstić information content (AvgIpc) is 2.67. The summed E-state index contributed by atoms with van der Waals surface area (Å²) in [4.78, 5) is 23.9. The van der Waals surface area contributed by atoms with Crippen molar-refractivity contribution in [2.45, 2.75) is 19.3 Å². The molecule has 0 bridgehead atoms. The predicted molar refractivity (Wildman–Crippen MR) is 96.1 cm³/mol. The molecule has 0 spiro atoms. The third-order valence-corrected chi connectivity index (χ3v) is 3.70. The quantitative estimate of drug-likeness (QED) is 0.522. The van der Waals surface area contributed by atoms with E-state index in [-0.39, 0.29) is 30.3 Å². The minimum absolute atomic E-state index is 0.0984. The molecule has 2 aromatic carbocycles. The number of amides is 1. The Morgan fingerprint density at radius 3 is 2.54 bits per heavy atom. The minimum Gasteiger partial charge on any atom is -0.497 e. The van der Waals surface area contributed by atoms with E-state index in [4.69, 9.17) is 9.47 Å². The Hall–Kier alpha value is -2.89. The topological polar surface area (TPSA) is 64.6 Å². The molecule has 5 nitrogen and oxygen atoms in total. The Morgan fingerprint density at radius 2 is 1.81 bits per heavy atom. The molecule has 0 aliphatic rings. The fourth-order valence-corrected chi connectivity index (χ4v) is 2.28. The van der Waals surface area contributed by atoms with Crippen LogP contribution in [0.5, 0.6) is 11.5 Å². The molecule has 0 fully saturated rings. The van der Waals surface area contributed by atoms with Crippen molar-refractivity contribution < 1.29 is 23.5 Å². The van der Waals surface area contributed by atoms with E-state index in [2.05, 4.69) is 5.32 Å². The molecule has 2 aromatic rings. The summed E-state index contributed by atoms with van der Waals surface area (Å²) in [5, 5.41) is 2.75. The van der Waals surface area contributed by atoms with Crippen LogP contribution < -0.4 is 14.8 Å². The van der Waals surface area contributed by atoms with Gasteiger partial charge in [-0.05, 0) is 42.8 Å². The number of Topliss-reactive ketones (excluding diaryl/α,β-unsaturated/α-hetero) is 1. The van der Waals surface area contributed by atoms with Crippen molar-refractivity contribution in [2.24, 2.45) is 0 Å². The van der Waals surface area contributed by atoms with Gasteiger partial charge in [0.2, 0.25) is 5.91 Å². The molecule has 6 heteroatoms. The highest BCUT2D eigenvalue weighted by Gasteiger charge is 2.10. The molecule has 138 valence electrons. The van der Waals surface area contributed by atoms with Crippen LogP contribution in [0, 0.1) is 5.82 Å². The summed E-state index contributed by atoms with van der Waals surface area (Å²) in [7, 11) is 1.54. The van der Waals surface area contributed by atoms with Gasteiger partial charge in [-0.3, -0.25) is 9.59 Å². The van der Waals surface area contributed by atoms with Crippen molar-refractivity contribution >= 4 is 11.7 Å². The third kappa shape index (κ3) is 6.55. The van der Waals surface area contributed by atoms with Crippen molar-refractivity contribution in [1.82, 2.24) is 5.32 Å². The highest BCUT2D eigenvalue weighted by Crippen LogP contribution is 2.14. The normalized spacial score (nSPS) is 10.2. The number of halogens is 1. The molecule has 0 aliphatic carbocycles. The summed E-state index contributed by atoms with van der Waals surface area (Å²) in [6.07, 6.45) is 0.896. The second-order valence-electron chi connectivity index (χ2n) is 5.66. The molecule has 1 N–H and O–H groups in total. The first-order valence-electron chi connectivity index (χ1n) is 8.41. The summed E-state index contributed by atoms with van der Waals surface area (Å²) in [6, 6.07) is 12.6. The lowest BCUT2D eigenvalue weighted by Gasteiger charge is -2.08. The maximum Gasteiger partial charge on any atom is 0.220 e. The Bertz CT molecular complexity index is 731. The summed E-state index contributed by atoms with van der Waals surface area (Å²) in [5.74, 6) is 0.609. The van der Waals surface area contributed by atoms with E-state index >= 15 is 0 Å². The molecule has 0 saturated carbocycles. The van der Waals surface area contributed by atoms with Crippen LogP contribution in [0.3, 0.4) is 0 Å². The summed E-state index contributed by atoms with van der Waals surface area (Å²) in [5.41, 5.74) is 0.532. The smallest absolute Gasteiger partial charge is 0.220 e. The molecule has 0 aliphatic heterocycles. The number of hydrogen-bond donors (Lipinski definition) is 1. The lowest BCUT2D eigenvalue weighted by atomic mass is 10.1. The molecule has 1 amide bonds. The molecule has 0 radical (unpaired) electrons. The van der Waals surface area contributed by atoms with Crippen LogP contribution in [0.15, 0.2) is 48.5 Å². The number of ketones is 1. The number of carbonyl (C=O) groups is 2. The van der Waals surface area contributed by atoms with Crippen LogP contribution in [0.2, 0.25) is 0 Å². The maximum absolute atomic E-state index is 12.8. The van der Waals surface area contributed by atoms with Gasteiger partial charge in [-0.2, -0.15) is 0 Å². The Balaban J connectivity index is 1.61. The highest BCUT2D eigenvalue weighted by atomic mass is 19.1. The second-order valence-corrected chi connectivity index (χ2v) is 5.66. The van der Waals surface area contributed by atoms with E-state index in [0.29, 0.717) is 36.6 Å². The zero-order valence-corrected chi connectivity index (χ0v) is 14.7. The van der Waals surface area contributed by atoms with Crippen LogP contribution in [-0.4, -0.2) is 32.0 Å².